The van der Waals surface area contributed by atoms with Gasteiger partial charge >= 0.3 is 0 Å². The maximum Gasteiger partial charge on any atom is 0.297 e. The molecule has 0 fully saturated rings. The first-order valence-corrected chi connectivity index (χ1v) is 10.4. The van der Waals surface area contributed by atoms with E-state index in [0.717, 1.165) is 22.0 Å². The molecule has 0 spiro atoms. The van der Waals surface area contributed by atoms with E-state index in [-0.39, 0.29) is 5.56 Å². The topological polar surface area (TPSA) is 52.7 Å². The fraction of sp³-hybridized carbons (Fsp3) is 0.0870. The molecular weight excluding hydrogens is 475 g/mol. The number of rotatable bonds is 4. The molecule has 2 heterocycles. The molecule has 0 saturated heterocycles. The second-order valence-electron chi connectivity index (χ2n) is 6.95. The molecule has 142 valence electrons. The zero-order chi connectivity index (χ0) is 19.8. The summed E-state index contributed by atoms with van der Waals surface area (Å²) < 4.78 is 4.60. The smallest absolute Gasteiger partial charge is 0.265 e. The van der Waals surface area contributed by atoms with Crippen molar-refractivity contribution in [2.45, 2.75) is 13.1 Å². The molecule has 3 aromatic rings. The Morgan fingerprint density at radius 2 is 1.31 bits per heavy atom. The van der Waals surface area contributed by atoms with Gasteiger partial charge in [-0.1, -0.05) is 60.7 Å². The third kappa shape index (κ3) is 3.44. The first-order valence-electron chi connectivity index (χ1n) is 9.34. The van der Waals surface area contributed by atoms with E-state index in [1.165, 1.54) is 8.25 Å². The third-order valence-corrected chi connectivity index (χ3v) is 5.68. The van der Waals surface area contributed by atoms with Crippen molar-refractivity contribution in [2.75, 3.05) is 0 Å². The largest absolute Gasteiger partial charge is 0.297 e. The predicted molar refractivity (Wildman–Crippen MR) is 122 cm³/mol. The van der Waals surface area contributed by atoms with E-state index in [9.17, 15) is 4.79 Å². The Kier molecular flexibility index (Phi) is 4.63. The monoisotopic (exact) mass is 492 g/mol. The molecule has 2 aliphatic rings. The van der Waals surface area contributed by atoms with Crippen molar-refractivity contribution >= 4 is 33.5 Å². The van der Waals surface area contributed by atoms with E-state index in [2.05, 4.69) is 52.0 Å². The molecule has 0 aliphatic carbocycles. The Hall–Kier alpha value is -3.00. The van der Waals surface area contributed by atoms with E-state index < -0.39 is 0 Å². The van der Waals surface area contributed by atoms with Crippen molar-refractivity contribution in [2.24, 2.45) is 0 Å². The summed E-state index contributed by atoms with van der Waals surface area (Å²) in [7, 11) is 0. The van der Waals surface area contributed by atoms with Crippen LogP contribution in [0.1, 0.15) is 11.1 Å². The van der Waals surface area contributed by atoms with Gasteiger partial charge < -0.3 is 0 Å². The quantitative estimate of drug-likeness (QED) is 0.350. The van der Waals surface area contributed by atoms with Gasteiger partial charge in [-0.3, -0.25) is 9.48 Å². The predicted octanol–water partition coefficient (Wildman–Crippen LogP) is 4.40. The molecule has 0 atom stereocenters. The van der Waals surface area contributed by atoms with Crippen LogP contribution >= 0.6 is 22.6 Å². The Labute approximate surface area is 181 Å². The van der Waals surface area contributed by atoms with Crippen LogP contribution in [0.15, 0.2) is 83.7 Å². The van der Waals surface area contributed by atoms with E-state index >= 15 is 0 Å². The van der Waals surface area contributed by atoms with Crippen LogP contribution in [0.2, 0.25) is 0 Å². The molecule has 6 heteroatoms. The molecular formula is C23H17IN4O. The number of aromatic nitrogens is 4. The summed E-state index contributed by atoms with van der Waals surface area (Å²) in [6.45, 7) is 1.03. The Morgan fingerprint density at radius 3 is 2.10 bits per heavy atom. The van der Waals surface area contributed by atoms with Crippen LogP contribution in [-0.4, -0.2) is 19.6 Å². The number of para-hydroxylation sites is 1. The van der Waals surface area contributed by atoms with Crippen LogP contribution < -0.4 is 5.56 Å². The van der Waals surface area contributed by atoms with Crippen molar-refractivity contribution < 1.29 is 0 Å². The van der Waals surface area contributed by atoms with Gasteiger partial charge in [-0.05, 0) is 51.9 Å². The highest BCUT2D eigenvalue weighted by molar-refractivity contribution is 14.1. The highest BCUT2D eigenvalue weighted by atomic mass is 127. The highest BCUT2D eigenvalue weighted by Crippen LogP contribution is 2.25. The van der Waals surface area contributed by atoms with Crippen LogP contribution in [0.25, 0.3) is 22.3 Å². The first-order chi connectivity index (χ1) is 14.2. The summed E-state index contributed by atoms with van der Waals surface area (Å²) in [6, 6.07) is 26.2. The number of halogens is 1. The van der Waals surface area contributed by atoms with Crippen molar-refractivity contribution in [3.05, 3.63) is 104 Å². The molecule has 0 aromatic heterocycles. The van der Waals surface area contributed by atoms with Gasteiger partial charge in [0.2, 0.25) is 0 Å². The lowest BCUT2D eigenvalue weighted by molar-refractivity contribution is 0.667. The first kappa shape index (κ1) is 18.1. The van der Waals surface area contributed by atoms with Gasteiger partial charge in [-0.25, -0.2) is 4.68 Å². The molecule has 0 N–H and O–H groups in total. The van der Waals surface area contributed by atoms with Gasteiger partial charge in [0.25, 0.3) is 5.56 Å². The van der Waals surface area contributed by atoms with Crippen molar-refractivity contribution in [1.82, 2.24) is 19.6 Å². The van der Waals surface area contributed by atoms with Crippen LogP contribution in [0, 0.1) is 3.57 Å². The molecule has 3 aromatic carbocycles. The lowest BCUT2D eigenvalue weighted by Gasteiger charge is -2.12. The molecule has 5 nitrogen and oxygen atoms in total. The highest BCUT2D eigenvalue weighted by Gasteiger charge is 2.21. The number of nitrogens with zero attached hydrogens (tertiary/aromatic N) is 4. The zero-order valence-corrected chi connectivity index (χ0v) is 17.7. The van der Waals surface area contributed by atoms with Crippen LogP contribution in [0.3, 0.4) is 0 Å². The van der Waals surface area contributed by atoms with Gasteiger partial charge in [0, 0.05) is 8.96 Å². The van der Waals surface area contributed by atoms with Gasteiger partial charge in [0.1, 0.15) is 5.69 Å². The number of hydrogen-bond donors (Lipinski definition) is 0. The fourth-order valence-corrected chi connectivity index (χ4v) is 3.89. The van der Waals surface area contributed by atoms with Gasteiger partial charge in [0.15, 0.2) is 5.69 Å². The third-order valence-electron chi connectivity index (χ3n) is 4.96. The standard InChI is InChI=1S/C23H17IN4O/c24-18-12-10-17(11-13-18)14-27-20-9-5-4-8-19(20)21-22(26-27)23(29)28(25-21)15-16-6-2-1-3-7-16/h1-13H,14-15H2. The second-order valence-corrected chi connectivity index (χ2v) is 8.19. The Morgan fingerprint density at radius 1 is 0.690 bits per heavy atom. The second kappa shape index (κ2) is 7.44. The average Bonchev–Trinajstić information content (AvgIpc) is 3.06. The summed E-state index contributed by atoms with van der Waals surface area (Å²) in [5, 5.41) is 10.3. The normalized spacial score (nSPS) is 11.3. The fourth-order valence-electron chi connectivity index (χ4n) is 3.53. The Balaban J connectivity index is 1.66. The summed E-state index contributed by atoms with van der Waals surface area (Å²) in [6.07, 6.45) is 0. The number of hydrogen-bond acceptors (Lipinski definition) is 3. The van der Waals surface area contributed by atoms with Crippen molar-refractivity contribution in [3.8, 4) is 11.4 Å². The Bertz CT molecular complexity index is 1320. The lowest BCUT2D eigenvalue weighted by Crippen LogP contribution is -2.19. The molecule has 5 rings (SSSR count). The van der Waals surface area contributed by atoms with Gasteiger partial charge in [-0.2, -0.15) is 10.2 Å². The summed E-state index contributed by atoms with van der Waals surface area (Å²) >= 11 is 2.29. The molecule has 0 saturated carbocycles. The van der Waals surface area contributed by atoms with E-state index in [1.807, 2.05) is 59.3 Å². The summed E-state index contributed by atoms with van der Waals surface area (Å²) in [4.78, 5) is 13.0. The van der Waals surface area contributed by atoms with Crippen LogP contribution in [0.5, 0.6) is 0 Å². The van der Waals surface area contributed by atoms with Gasteiger partial charge in [0.05, 0.1) is 18.6 Å². The lowest BCUT2D eigenvalue weighted by atomic mass is 10.1. The maximum atomic E-state index is 13.0. The minimum Gasteiger partial charge on any atom is -0.265 e. The van der Waals surface area contributed by atoms with E-state index in [0.29, 0.717) is 24.5 Å². The zero-order valence-electron chi connectivity index (χ0n) is 15.5. The molecule has 2 aliphatic heterocycles. The minimum atomic E-state index is -0.161. The summed E-state index contributed by atoms with van der Waals surface area (Å²) in [5.41, 5.74) is 4.03. The molecule has 0 unspecified atom stereocenters. The van der Waals surface area contributed by atoms with Crippen molar-refractivity contribution in [3.63, 3.8) is 0 Å². The maximum absolute atomic E-state index is 13.0. The van der Waals surface area contributed by atoms with E-state index in [1.54, 1.807) is 0 Å². The van der Waals surface area contributed by atoms with Crippen molar-refractivity contribution in [1.29, 1.82) is 0 Å². The van der Waals surface area contributed by atoms with Crippen LogP contribution in [0.4, 0.5) is 0 Å². The van der Waals surface area contributed by atoms with Crippen LogP contribution in [-0.2, 0) is 13.1 Å². The number of fused-ring (bicyclic) bond motifs is 3. The van der Waals surface area contributed by atoms with Gasteiger partial charge in [-0.15, -0.1) is 0 Å². The van der Waals surface area contributed by atoms with E-state index in [4.69, 9.17) is 5.10 Å². The number of benzene rings is 3. The minimum absolute atomic E-state index is 0.161. The molecule has 0 radical (unpaired) electrons. The molecule has 29 heavy (non-hydrogen) atoms. The molecule has 0 amide bonds. The summed E-state index contributed by atoms with van der Waals surface area (Å²) in [5.74, 6) is 0. The molecule has 0 bridgehead atoms. The SMILES string of the molecule is O=c1c2nn(Cc3ccc(I)cc3)c3ccccc3c-2nn1Cc1ccccc1. The average molecular weight is 492 g/mol.